The van der Waals surface area contributed by atoms with Gasteiger partial charge >= 0.3 is 57.4 Å². The minimum atomic E-state index is -0.951. The summed E-state index contributed by atoms with van der Waals surface area (Å²) < 4.78 is 0. The van der Waals surface area contributed by atoms with Gasteiger partial charge in [-0.25, -0.2) is 0 Å². The molecule has 0 aliphatic heterocycles. The topological polar surface area (TPSA) is 106 Å². The van der Waals surface area contributed by atoms with E-state index in [9.17, 15) is 9.59 Å². The van der Waals surface area contributed by atoms with Crippen molar-refractivity contribution in [3.8, 4) is 0 Å². The van der Waals surface area contributed by atoms with Crippen molar-refractivity contribution < 1.29 is 28.1 Å². The number of hydrogen-bond donors (Lipinski definition) is 2. The fourth-order valence-electron chi connectivity index (χ4n) is 0.463. The molecule has 1 atom stereocenters. The molecular weight excluding hydrogens is 240 g/mol. The molecule has 12 heavy (non-hydrogen) atoms. The fourth-order valence-corrected chi connectivity index (χ4v) is 0.463. The van der Waals surface area contributed by atoms with Gasteiger partial charge in [-0.05, 0) is 6.42 Å². The summed E-state index contributed by atoms with van der Waals surface area (Å²) in [5.41, 5.74) is 0. The van der Waals surface area contributed by atoms with Gasteiger partial charge < -0.3 is 18.5 Å². The molecule has 0 amide bonds. The molecule has 5 nitrogen and oxygen atoms in total. The molecule has 4 N–H and O–H groups in total. The van der Waals surface area contributed by atoms with E-state index in [4.69, 9.17) is 10.2 Å². The number of hydrogen-bond acceptors (Lipinski definition) is 2. The fraction of sp³-hybridized carbons (Fsp3) is 0.667. The Kier molecular flexibility index (Phi) is 14.4. The summed E-state index contributed by atoms with van der Waals surface area (Å²) in [6.45, 7) is 1.49. The van der Waals surface area contributed by atoms with E-state index >= 15 is 0 Å². The molecule has 0 spiro atoms. The smallest absolute Gasteiger partial charge is 1.00 e. The maximum Gasteiger partial charge on any atom is 2.00 e. The first-order valence-electron chi connectivity index (χ1n) is 2.98. The van der Waals surface area contributed by atoms with E-state index in [1.54, 1.807) is 0 Å². The van der Waals surface area contributed by atoms with Gasteiger partial charge in [0.05, 0.1) is 5.92 Å². The predicted octanol–water partition coefficient (Wildman–Crippen LogP) is -0.409. The first-order chi connectivity index (χ1) is 4.54. The third-order valence-corrected chi connectivity index (χ3v) is 1.21. The maximum atomic E-state index is 10.1. The molecule has 0 rings (SSSR count). The second-order valence-electron chi connectivity index (χ2n) is 2.17. The standard InChI is InChI=1S/C6H10O4.H2O.Sr.2H/c1-4(6(9)10)2-3-5(7)8;;;;/h4H,2-3H2,1H3,(H,7,8)(H,9,10);1H2;;;/q;;+2;2*-1. The molecule has 6 heteroatoms. The van der Waals surface area contributed by atoms with Crippen molar-refractivity contribution in [3.05, 3.63) is 0 Å². The summed E-state index contributed by atoms with van der Waals surface area (Å²) in [5.74, 6) is -2.45. The minimum Gasteiger partial charge on any atom is -1.00 e. The monoisotopic (exact) mass is 254 g/mol. The summed E-state index contributed by atoms with van der Waals surface area (Å²) in [6, 6.07) is 0. The van der Waals surface area contributed by atoms with Gasteiger partial charge in [-0.15, -0.1) is 0 Å². The van der Waals surface area contributed by atoms with Crippen molar-refractivity contribution >= 4 is 57.4 Å². The van der Waals surface area contributed by atoms with Crippen LogP contribution < -0.4 is 0 Å². The van der Waals surface area contributed by atoms with E-state index in [1.165, 1.54) is 6.92 Å². The van der Waals surface area contributed by atoms with Crippen LogP contribution in [0.2, 0.25) is 0 Å². The van der Waals surface area contributed by atoms with Crippen LogP contribution in [0, 0.1) is 5.92 Å². The quantitative estimate of drug-likeness (QED) is 0.665. The molecule has 0 heterocycles. The Morgan fingerprint density at radius 2 is 1.83 bits per heavy atom. The van der Waals surface area contributed by atoms with Gasteiger partial charge in [-0.2, -0.15) is 0 Å². The molecular formula is C6H14O5Sr. The van der Waals surface area contributed by atoms with Gasteiger partial charge in [-0.3, -0.25) is 9.59 Å². The van der Waals surface area contributed by atoms with Crippen molar-refractivity contribution in [2.24, 2.45) is 5.92 Å². The normalized spacial score (nSPS) is 10.4. The Bertz CT molecular complexity index is 155. The molecule has 0 bridgehead atoms. The van der Waals surface area contributed by atoms with Gasteiger partial charge in [-0.1, -0.05) is 6.92 Å². The van der Waals surface area contributed by atoms with Gasteiger partial charge in [0.1, 0.15) is 0 Å². The molecule has 0 saturated heterocycles. The van der Waals surface area contributed by atoms with Crippen LogP contribution in [0.4, 0.5) is 0 Å². The number of carboxylic acid groups (broad SMARTS) is 2. The number of aliphatic carboxylic acids is 2. The van der Waals surface area contributed by atoms with Crippen molar-refractivity contribution in [2.75, 3.05) is 0 Å². The van der Waals surface area contributed by atoms with Crippen LogP contribution in [0.15, 0.2) is 0 Å². The largest absolute Gasteiger partial charge is 2.00 e. The first kappa shape index (κ1) is 18.2. The Hall–Kier alpha value is 0.381. The van der Waals surface area contributed by atoms with Gasteiger partial charge in [0.25, 0.3) is 0 Å². The summed E-state index contributed by atoms with van der Waals surface area (Å²) in [6.07, 6.45) is 0.123. The van der Waals surface area contributed by atoms with Crippen molar-refractivity contribution in [1.29, 1.82) is 0 Å². The molecule has 0 aromatic carbocycles. The maximum absolute atomic E-state index is 10.1. The van der Waals surface area contributed by atoms with Crippen molar-refractivity contribution in [3.63, 3.8) is 0 Å². The molecule has 0 radical (unpaired) electrons. The first-order valence-corrected chi connectivity index (χ1v) is 2.98. The van der Waals surface area contributed by atoms with E-state index in [0.717, 1.165) is 0 Å². The van der Waals surface area contributed by atoms with Crippen LogP contribution in [0.3, 0.4) is 0 Å². The van der Waals surface area contributed by atoms with Crippen LogP contribution >= 0.6 is 0 Å². The number of rotatable bonds is 4. The van der Waals surface area contributed by atoms with E-state index in [-0.39, 0.29) is 66.7 Å². The Balaban J connectivity index is -0.0000000675. The van der Waals surface area contributed by atoms with Crippen LogP contribution in [0.1, 0.15) is 22.6 Å². The summed E-state index contributed by atoms with van der Waals surface area (Å²) in [7, 11) is 0. The summed E-state index contributed by atoms with van der Waals surface area (Å²) in [5, 5.41) is 16.5. The van der Waals surface area contributed by atoms with Crippen molar-refractivity contribution in [2.45, 2.75) is 19.8 Å². The Morgan fingerprint density at radius 1 is 1.42 bits per heavy atom. The SMILES string of the molecule is CC(CCC(=O)O)C(=O)O.O.[H-].[H-].[Sr+2]. The van der Waals surface area contributed by atoms with E-state index in [1.807, 2.05) is 0 Å². The number of carbonyl (C=O) groups is 2. The average Bonchev–Trinajstić information content (AvgIpc) is 1.82. The molecule has 0 aromatic heterocycles. The molecule has 0 saturated carbocycles. The number of carboxylic acids is 2. The van der Waals surface area contributed by atoms with Crippen LogP contribution in [-0.4, -0.2) is 73.1 Å². The molecule has 0 aliphatic carbocycles. The summed E-state index contributed by atoms with van der Waals surface area (Å²) in [4.78, 5) is 20.1. The summed E-state index contributed by atoms with van der Waals surface area (Å²) >= 11 is 0. The molecule has 1 unspecified atom stereocenters. The molecule has 70 valence electrons. The third-order valence-electron chi connectivity index (χ3n) is 1.21. The average molecular weight is 254 g/mol. The Morgan fingerprint density at radius 3 is 2.08 bits per heavy atom. The zero-order valence-electron chi connectivity index (χ0n) is 8.91. The molecule has 0 aromatic rings. The Labute approximate surface area is 110 Å². The van der Waals surface area contributed by atoms with E-state index in [2.05, 4.69) is 0 Å². The molecule has 0 fully saturated rings. The zero-order valence-corrected chi connectivity index (χ0v) is 10.4. The molecule has 0 aliphatic rings. The minimum absolute atomic E-state index is 0. The second kappa shape index (κ2) is 9.47. The van der Waals surface area contributed by atoms with Gasteiger partial charge in [0.2, 0.25) is 0 Å². The zero-order chi connectivity index (χ0) is 8.15. The van der Waals surface area contributed by atoms with Crippen LogP contribution in [-0.2, 0) is 9.59 Å². The van der Waals surface area contributed by atoms with Crippen LogP contribution in [0.5, 0.6) is 0 Å². The van der Waals surface area contributed by atoms with Gasteiger partial charge in [0.15, 0.2) is 0 Å². The van der Waals surface area contributed by atoms with Gasteiger partial charge in [0, 0.05) is 6.42 Å². The van der Waals surface area contributed by atoms with E-state index in [0.29, 0.717) is 0 Å². The predicted molar refractivity (Wildman–Crippen MR) is 45.3 cm³/mol. The van der Waals surface area contributed by atoms with Crippen molar-refractivity contribution in [1.82, 2.24) is 0 Å². The second-order valence-corrected chi connectivity index (χ2v) is 2.17. The third kappa shape index (κ3) is 10.4. The van der Waals surface area contributed by atoms with E-state index < -0.39 is 17.9 Å². The van der Waals surface area contributed by atoms with Crippen LogP contribution in [0.25, 0.3) is 0 Å².